The fraction of sp³-hybridized carbons (Fsp3) is 0.500. The van der Waals surface area contributed by atoms with Gasteiger partial charge >= 0.3 is 0 Å². The van der Waals surface area contributed by atoms with Crippen LogP contribution < -0.4 is 10.6 Å². The number of nitrogens with one attached hydrogen (secondary N) is 2. The molecular weight excluding hydrogens is 268 g/mol. The summed E-state index contributed by atoms with van der Waals surface area (Å²) in [6, 6.07) is 7.92. The second-order valence-electron chi connectivity index (χ2n) is 5.38. The van der Waals surface area contributed by atoms with Crippen molar-refractivity contribution in [2.45, 2.75) is 38.8 Å². The van der Waals surface area contributed by atoms with Crippen LogP contribution in [-0.2, 0) is 20.9 Å². The molecule has 1 saturated heterocycles. The molecule has 1 aromatic rings. The molecule has 0 spiro atoms. The lowest BCUT2D eigenvalue weighted by atomic mass is 10.1. The molecule has 5 heteroatoms. The minimum atomic E-state index is -0.264. The van der Waals surface area contributed by atoms with Crippen molar-refractivity contribution in [3.8, 4) is 0 Å². The maximum Gasteiger partial charge on any atom is 0.229 e. The van der Waals surface area contributed by atoms with Crippen LogP contribution in [0.25, 0.3) is 0 Å². The van der Waals surface area contributed by atoms with E-state index in [1.807, 2.05) is 31.2 Å². The Morgan fingerprint density at radius 3 is 2.57 bits per heavy atom. The standard InChI is InChI=1S/C16H22N2O3/c1-12-4-6-13(7-5-12)10-17-15(19)9-16(20)18-11-14-3-2-8-21-14/h4-7,14H,2-3,8-11H2,1H3,(H,17,19)(H,18,20). The van der Waals surface area contributed by atoms with Crippen LogP contribution in [-0.4, -0.2) is 31.1 Å². The van der Waals surface area contributed by atoms with Gasteiger partial charge < -0.3 is 15.4 Å². The highest BCUT2D eigenvalue weighted by Gasteiger charge is 2.17. The van der Waals surface area contributed by atoms with Crippen molar-refractivity contribution in [3.63, 3.8) is 0 Å². The number of hydrogen-bond acceptors (Lipinski definition) is 3. The predicted molar refractivity (Wildman–Crippen MR) is 79.6 cm³/mol. The topological polar surface area (TPSA) is 67.4 Å². The Bertz CT molecular complexity index is 479. The van der Waals surface area contributed by atoms with Gasteiger partial charge in [0.1, 0.15) is 6.42 Å². The lowest BCUT2D eigenvalue weighted by Crippen LogP contribution is -2.35. The monoisotopic (exact) mass is 290 g/mol. The number of rotatable bonds is 6. The molecule has 0 aliphatic carbocycles. The summed E-state index contributed by atoms with van der Waals surface area (Å²) in [4.78, 5) is 23.3. The quantitative estimate of drug-likeness (QED) is 0.776. The predicted octanol–water partition coefficient (Wildman–Crippen LogP) is 1.30. The minimum Gasteiger partial charge on any atom is -0.376 e. The van der Waals surface area contributed by atoms with E-state index in [1.54, 1.807) is 0 Å². The molecular formula is C16H22N2O3. The minimum absolute atomic E-state index is 0.101. The van der Waals surface area contributed by atoms with Crippen LogP contribution in [0.2, 0.25) is 0 Å². The second-order valence-corrected chi connectivity index (χ2v) is 5.38. The molecule has 0 saturated carbocycles. The molecule has 2 amide bonds. The van der Waals surface area contributed by atoms with Gasteiger partial charge in [-0.15, -0.1) is 0 Å². The normalized spacial score (nSPS) is 17.5. The summed E-state index contributed by atoms with van der Waals surface area (Å²) in [6.45, 7) is 3.71. The van der Waals surface area contributed by atoms with E-state index in [2.05, 4.69) is 10.6 Å². The lowest BCUT2D eigenvalue weighted by molar-refractivity contribution is -0.129. The number of hydrogen-bond donors (Lipinski definition) is 2. The van der Waals surface area contributed by atoms with Gasteiger partial charge in [-0.1, -0.05) is 29.8 Å². The highest BCUT2D eigenvalue weighted by molar-refractivity contribution is 5.96. The summed E-state index contributed by atoms with van der Waals surface area (Å²) in [5, 5.41) is 5.48. The first kappa shape index (κ1) is 15.5. The van der Waals surface area contributed by atoms with Crippen molar-refractivity contribution in [3.05, 3.63) is 35.4 Å². The Balaban J connectivity index is 1.64. The first-order valence-electron chi connectivity index (χ1n) is 7.34. The smallest absolute Gasteiger partial charge is 0.229 e. The maximum absolute atomic E-state index is 11.7. The fourth-order valence-electron chi connectivity index (χ4n) is 2.21. The van der Waals surface area contributed by atoms with E-state index in [0.29, 0.717) is 13.1 Å². The molecule has 0 radical (unpaired) electrons. The Labute approximate surface area is 125 Å². The Morgan fingerprint density at radius 2 is 1.90 bits per heavy atom. The molecule has 21 heavy (non-hydrogen) atoms. The molecule has 114 valence electrons. The van der Waals surface area contributed by atoms with Gasteiger partial charge in [0.05, 0.1) is 6.10 Å². The number of amides is 2. The van der Waals surface area contributed by atoms with Gasteiger partial charge in [0.15, 0.2) is 0 Å². The van der Waals surface area contributed by atoms with E-state index in [4.69, 9.17) is 4.74 Å². The van der Waals surface area contributed by atoms with Crippen molar-refractivity contribution in [1.29, 1.82) is 0 Å². The van der Waals surface area contributed by atoms with Crippen LogP contribution in [0.5, 0.6) is 0 Å². The van der Waals surface area contributed by atoms with E-state index in [9.17, 15) is 9.59 Å². The largest absolute Gasteiger partial charge is 0.376 e. The highest BCUT2D eigenvalue weighted by atomic mass is 16.5. The van der Waals surface area contributed by atoms with Crippen LogP contribution in [0, 0.1) is 6.92 Å². The number of carbonyl (C=O) groups is 2. The average Bonchev–Trinajstić information content (AvgIpc) is 2.98. The Kier molecular flexibility index (Phi) is 5.75. The summed E-state index contributed by atoms with van der Waals surface area (Å²) >= 11 is 0. The van der Waals surface area contributed by atoms with E-state index in [-0.39, 0.29) is 24.3 Å². The summed E-state index contributed by atoms with van der Waals surface area (Å²) in [7, 11) is 0. The number of aryl methyl sites for hydroxylation is 1. The number of carbonyl (C=O) groups excluding carboxylic acids is 2. The van der Waals surface area contributed by atoms with Crippen molar-refractivity contribution in [1.82, 2.24) is 10.6 Å². The van der Waals surface area contributed by atoms with Gasteiger partial charge in [-0.2, -0.15) is 0 Å². The molecule has 1 aliphatic heterocycles. The van der Waals surface area contributed by atoms with Gasteiger partial charge in [-0.25, -0.2) is 0 Å². The molecule has 0 bridgehead atoms. The zero-order valence-electron chi connectivity index (χ0n) is 12.4. The molecule has 0 aromatic heterocycles. The van der Waals surface area contributed by atoms with E-state index in [1.165, 1.54) is 5.56 Å². The fourth-order valence-corrected chi connectivity index (χ4v) is 2.21. The molecule has 5 nitrogen and oxygen atoms in total. The van der Waals surface area contributed by atoms with Gasteiger partial charge in [0.2, 0.25) is 11.8 Å². The second kappa shape index (κ2) is 7.78. The average molecular weight is 290 g/mol. The number of benzene rings is 1. The SMILES string of the molecule is Cc1ccc(CNC(=O)CC(=O)NCC2CCCO2)cc1. The van der Waals surface area contributed by atoms with Crippen molar-refractivity contribution in [2.75, 3.05) is 13.2 Å². The maximum atomic E-state index is 11.7. The summed E-state index contributed by atoms with van der Waals surface area (Å²) in [6.07, 6.45) is 1.97. The summed E-state index contributed by atoms with van der Waals surface area (Å²) in [5.74, 6) is -0.521. The van der Waals surface area contributed by atoms with Gasteiger partial charge in [-0.3, -0.25) is 9.59 Å². The van der Waals surface area contributed by atoms with Crippen LogP contribution in [0.3, 0.4) is 0 Å². The third-order valence-electron chi connectivity index (χ3n) is 3.48. The zero-order chi connectivity index (χ0) is 15.1. The molecule has 1 aliphatic rings. The molecule has 2 rings (SSSR count). The van der Waals surface area contributed by atoms with E-state index in [0.717, 1.165) is 25.0 Å². The van der Waals surface area contributed by atoms with Crippen LogP contribution in [0.4, 0.5) is 0 Å². The third-order valence-corrected chi connectivity index (χ3v) is 3.48. The molecule has 1 aromatic carbocycles. The van der Waals surface area contributed by atoms with Gasteiger partial charge in [0, 0.05) is 19.7 Å². The molecule has 1 heterocycles. The van der Waals surface area contributed by atoms with Gasteiger partial charge in [-0.05, 0) is 25.3 Å². The highest BCUT2D eigenvalue weighted by Crippen LogP contribution is 2.10. The Hall–Kier alpha value is -1.88. The number of ether oxygens (including phenoxy) is 1. The van der Waals surface area contributed by atoms with Crippen molar-refractivity contribution >= 4 is 11.8 Å². The van der Waals surface area contributed by atoms with Crippen LogP contribution >= 0.6 is 0 Å². The zero-order valence-corrected chi connectivity index (χ0v) is 12.4. The van der Waals surface area contributed by atoms with Crippen LogP contribution in [0.15, 0.2) is 24.3 Å². The van der Waals surface area contributed by atoms with Crippen LogP contribution in [0.1, 0.15) is 30.4 Å². The molecule has 2 N–H and O–H groups in total. The van der Waals surface area contributed by atoms with Crippen molar-refractivity contribution in [2.24, 2.45) is 0 Å². The first-order chi connectivity index (χ1) is 10.1. The van der Waals surface area contributed by atoms with Gasteiger partial charge in [0.25, 0.3) is 0 Å². The summed E-state index contributed by atoms with van der Waals surface area (Å²) < 4.78 is 5.41. The summed E-state index contributed by atoms with van der Waals surface area (Å²) in [5.41, 5.74) is 2.20. The van der Waals surface area contributed by atoms with E-state index >= 15 is 0 Å². The Morgan fingerprint density at radius 1 is 1.19 bits per heavy atom. The first-order valence-corrected chi connectivity index (χ1v) is 7.34. The lowest BCUT2D eigenvalue weighted by Gasteiger charge is -2.11. The third kappa shape index (κ3) is 5.55. The van der Waals surface area contributed by atoms with Crippen molar-refractivity contribution < 1.29 is 14.3 Å². The molecule has 1 fully saturated rings. The molecule has 1 unspecified atom stereocenters. The molecule has 1 atom stereocenters. The van der Waals surface area contributed by atoms with E-state index < -0.39 is 0 Å².